The SMILES string of the molecule is CN(c1ccnc(C2CC2)n1)C1CCCN(c2ccc(C#N)c(C(F)(F)F)c2)C1. The molecule has 1 aromatic heterocycles. The predicted molar refractivity (Wildman–Crippen MR) is 104 cm³/mol. The van der Waals surface area contributed by atoms with Crippen LogP contribution in [-0.2, 0) is 6.18 Å². The summed E-state index contributed by atoms with van der Waals surface area (Å²) in [6.07, 6.45) is 1.31. The zero-order chi connectivity index (χ0) is 20.6. The van der Waals surface area contributed by atoms with Gasteiger partial charge in [0.1, 0.15) is 11.6 Å². The molecule has 1 aliphatic heterocycles. The third kappa shape index (κ3) is 4.14. The van der Waals surface area contributed by atoms with Crippen LogP contribution >= 0.6 is 0 Å². The largest absolute Gasteiger partial charge is 0.417 e. The Morgan fingerprint density at radius 3 is 2.69 bits per heavy atom. The minimum atomic E-state index is -4.55. The van der Waals surface area contributed by atoms with E-state index in [1.165, 1.54) is 6.07 Å². The van der Waals surface area contributed by atoms with Gasteiger partial charge in [-0.1, -0.05) is 0 Å². The third-order valence-electron chi connectivity index (χ3n) is 5.70. The molecule has 1 saturated carbocycles. The normalized spacial score (nSPS) is 19.7. The van der Waals surface area contributed by atoms with Gasteiger partial charge < -0.3 is 9.80 Å². The first kappa shape index (κ1) is 19.5. The Morgan fingerprint density at radius 2 is 2.00 bits per heavy atom. The van der Waals surface area contributed by atoms with E-state index in [9.17, 15) is 13.2 Å². The molecule has 152 valence electrons. The van der Waals surface area contributed by atoms with Crippen molar-refractivity contribution in [1.29, 1.82) is 5.26 Å². The van der Waals surface area contributed by atoms with Crippen LogP contribution in [0.2, 0.25) is 0 Å². The highest BCUT2D eigenvalue weighted by molar-refractivity contribution is 5.55. The van der Waals surface area contributed by atoms with Crippen LogP contribution in [0.15, 0.2) is 30.5 Å². The molecule has 2 heterocycles. The van der Waals surface area contributed by atoms with Crippen LogP contribution in [-0.4, -0.2) is 36.1 Å². The van der Waals surface area contributed by atoms with Crippen molar-refractivity contribution in [3.8, 4) is 6.07 Å². The Hall–Kier alpha value is -2.82. The van der Waals surface area contributed by atoms with Crippen LogP contribution in [0.1, 0.15) is 48.6 Å². The van der Waals surface area contributed by atoms with E-state index in [4.69, 9.17) is 5.26 Å². The lowest BCUT2D eigenvalue weighted by Gasteiger charge is -2.39. The molecule has 2 aliphatic rings. The number of nitriles is 1. The van der Waals surface area contributed by atoms with Crippen molar-refractivity contribution < 1.29 is 13.2 Å². The molecular weight excluding hydrogens is 379 g/mol. The molecule has 0 N–H and O–H groups in total. The van der Waals surface area contributed by atoms with E-state index in [1.807, 2.05) is 18.0 Å². The number of nitrogens with zero attached hydrogens (tertiary/aromatic N) is 5. The first-order valence-electron chi connectivity index (χ1n) is 9.79. The molecule has 1 atom stereocenters. The lowest BCUT2D eigenvalue weighted by molar-refractivity contribution is -0.137. The Morgan fingerprint density at radius 1 is 1.21 bits per heavy atom. The maximum atomic E-state index is 13.3. The topological polar surface area (TPSA) is 56.1 Å². The van der Waals surface area contributed by atoms with E-state index in [2.05, 4.69) is 14.9 Å². The number of anilines is 2. The molecule has 8 heteroatoms. The van der Waals surface area contributed by atoms with Crippen molar-refractivity contribution in [2.24, 2.45) is 0 Å². The van der Waals surface area contributed by atoms with Gasteiger partial charge in [-0.25, -0.2) is 9.97 Å². The number of rotatable bonds is 4. The van der Waals surface area contributed by atoms with E-state index in [1.54, 1.807) is 18.3 Å². The van der Waals surface area contributed by atoms with E-state index < -0.39 is 11.7 Å². The number of benzene rings is 1. The fourth-order valence-electron chi connectivity index (χ4n) is 3.85. The summed E-state index contributed by atoms with van der Waals surface area (Å²) in [5.41, 5.74) is -0.728. The van der Waals surface area contributed by atoms with Crippen molar-refractivity contribution in [3.05, 3.63) is 47.4 Å². The van der Waals surface area contributed by atoms with Crippen molar-refractivity contribution in [2.75, 3.05) is 29.9 Å². The molecule has 1 aliphatic carbocycles. The highest BCUT2D eigenvalue weighted by Crippen LogP contribution is 2.38. The van der Waals surface area contributed by atoms with Gasteiger partial charge in [-0.3, -0.25) is 0 Å². The van der Waals surface area contributed by atoms with Crippen molar-refractivity contribution in [1.82, 2.24) is 9.97 Å². The van der Waals surface area contributed by atoms with E-state index in [0.29, 0.717) is 24.7 Å². The Kier molecular flexibility index (Phi) is 5.07. The van der Waals surface area contributed by atoms with Gasteiger partial charge in [0, 0.05) is 44.0 Å². The molecule has 4 rings (SSSR count). The molecule has 1 saturated heterocycles. The average molecular weight is 401 g/mol. The summed E-state index contributed by atoms with van der Waals surface area (Å²) < 4.78 is 40.0. The summed E-state index contributed by atoms with van der Waals surface area (Å²) in [7, 11) is 1.98. The minimum absolute atomic E-state index is 0.135. The fraction of sp³-hybridized carbons (Fsp3) is 0.476. The number of hydrogen-bond donors (Lipinski definition) is 0. The number of piperidine rings is 1. The second-order valence-corrected chi connectivity index (χ2v) is 7.74. The monoisotopic (exact) mass is 401 g/mol. The zero-order valence-corrected chi connectivity index (χ0v) is 16.2. The van der Waals surface area contributed by atoms with Gasteiger partial charge in [0.2, 0.25) is 0 Å². The predicted octanol–water partition coefficient (Wildman–Crippen LogP) is 4.35. The lowest BCUT2D eigenvalue weighted by atomic mass is 10.0. The summed E-state index contributed by atoms with van der Waals surface area (Å²) in [5, 5.41) is 9.01. The molecule has 0 bridgehead atoms. The highest BCUT2D eigenvalue weighted by Gasteiger charge is 2.35. The first-order valence-corrected chi connectivity index (χ1v) is 9.79. The number of alkyl halides is 3. The Balaban J connectivity index is 1.54. The van der Waals surface area contributed by atoms with Crippen molar-refractivity contribution in [3.63, 3.8) is 0 Å². The summed E-state index contributed by atoms with van der Waals surface area (Å²) >= 11 is 0. The molecule has 1 unspecified atom stereocenters. The van der Waals surface area contributed by atoms with Gasteiger partial charge >= 0.3 is 6.18 Å². The quantitative estimate of drug-likeness (QED) is 0.762. The Bertz CT molecular complexity index is 933. The molecule has 29 heavy (non-hydrogen) atoms. The summed E-state index contributed by atoms with van der Waals surface area (Å²) in [5.74, 6) is 2.19. The summed E-state index contributed by atoms with van der Waals surface area (Å²) in [4.78, 5) is 13.1. The maximum absolute atomic E-state index is 13.3. The van der Waals surface area contributed by atoms with Gasteiger partial charge in [0.25, 0.3) is 0 Å². The molecule has 0 spiro atoms. The summed E-state index contributed by atoms with van der Waals surface area (Å²) in [6.45, 7) is 1.28. The van der Waals surface area contributed by atoms with Gasteiger partial charge in [-0.2, -0.15) is 18.4 Å². The van der Waals surface area contributed by atoms with Gasteiger partial charge in [0.15, 0.2) is 0 Å². The lowest BCUT2D eigenvalue weighted by Crippen LogP contribution is -2.47. The molecule has 5 nitrogen and oxygen atoms in total. The second-order valence-electron chi connectivity index (χ2n) is 7.74. The van der Waals surface area contributed by atoms with Crippen molar-refractivity contribution in [2.45, 2.75) is 43.8 Å². The Labute approximate surface area is 167 Å². The zero-order valence-electron chi connectivity index (χ0n) is 16.2. The van der Waals surface area contributed by atoms with Crippen LogP contribution in [0, 0.1) is 11.3 Å². The molecule has 1 aromatic carbocycles. The van der Waals surface area contributed by atoms with Gasteiger partial charge in [0.05, 0.1) is 17.2 Å². The highest BCUT2D eigenvalue weighted by atomic mass is 19.4. The third-order valence-corrected chi connectivity index (χ3v) is 5.70. The molecule has 2 fully saturated rings. The van der Waals surface area contributed by atoms with E-state index in [0.717, 1.165) is 43.4 Å². The maximum Gasteiger partial charge on any atom is 0.417 e. The average Bonchev–Trinajstić information content (AvgIpc) is 3.58. The van der Waals surface area contributed by atoms with Crippen LogP contribution in [0.4, 0.5) is 24.7 Å². The second kappa shape index (κ2) is 7.54. The van der Waals surface area contributed by atoms with Crippen LogP contribution in [0.3, 0.4) is 0 Å². The minimum Gasteiger partial charge on any atom is -0.369 e. The number of likely N-dealkylation sites (N-methyl/N-ethyl adjacent to an activating group) is 1. The number of halogens is 3. The van der Waals surface area contributed by atoms with Gasteiger partial charge in [-0.05, 0) is 49.9 Å². The number of hydrogen-bond acceptors (Lipinski definition) is 5. The van der Waals surface area contributed by atoms with Crippen molar-refractivity contribution >= 4 is 11.5 Å². The molecular formula is C21H22F3N5. The van der Waals surface area contributed by atoms with Crippen LogP contribution < -0.4 is 9.80 Å². The first-order chi connectivity index (χ1) is 13.9. The van der Waals surface area contributed by atoms with E-state index in [-0.39, 0.29) is 11.6 Å². The van der Waals surface area contributed by atoms with Gasteiger partial charge in [-0.15, -0.1) is 0 Å². The standard InChI is InChI=1S/C21H22F3N5/c1-28(19-8-9-26-20(27-19)14-4-5-14)17-3-2-10-29(13-17)16-7-6-15(12-25)18(11-16)21(22,23)24/h6-9,11,14,17H,2-5,10,13H2,1H3. The van der Waals surface area contributed by atoms with Crippen LogP contribution in [0.25, 0.3) is 0 Å². The molecule has 0 amide bonds. The number of aromatic nitrogens is 2. The van der Waals surface area contributed by atoms with E-state index >= 15 is 0 Å². The molecule has 2 aromatic rings. The summed E-state index contributed by atoms with van der Waals surface area (Å²) in [6, 6.07) is 7.62. The smallest absolute Gasteiger partial charge is 0.369 e. The fourth-order valence-corrected chi connectivity index (χ4v) is 3.85. The molecule has 0 radical (unpaired) electrons. The van der Waals surface area contributed by atoms with Crippen LogP contribution in [0.5, 0.6) is 0 Å².